The summed E-state index contributed by atoms with van der Waals surface area (Å²) >= 11 is 0. The molecule has 10 nitrogen and oxygen atoms in total. The van der Waals surface area contributed by atoms with Gasteiger partial charge in [-0.05, 0) is 24.3 Å². The van der Waals surface area contributed by atoms with E-state index >= 15 is 0 Å². The number of sulfonamides is 1. The van der Waals surface area contributed by atoms with Crippen molar-refractivity contribution in [2.45, 2.75) is 11.3 Å². The molecule has 14 heteroatoms. The van der Waals surface area contributed by atoms with Crippen molar-refractivity contribution in [3.05, 3.63) is 45.1 Å². The lowest BCUT2D eigenvalue weighted by Gasteiger charge is -2.35. The van der Waals surface area contributed by atoms with Crippen LogP contribution in [-0.4, -0.2) is 54.8 Å². The van der Waals surface area contributed by atoms with Gasteiger partial charge in [-0.2, -0.15) is 4.31 Å². The van der Waals surface area contributed by atoms with Gasteiger partial charge in [0.1, 0.15) is 17.3 Å². The molecule has 2 aromatic rings. The van der Waals surface area contributed by atoms with Crippen LogP contribution in [0.3, 0.4) is 0 Å². The van der Waals surface area contributed by atoms with Crippen molar-refractivity contribution in [3.8, 4) is 5.75 Å². The van der Waals surface area contributed by atoms with Crippen LogP contribution in [0.1, 0.15) is 0 Å². The van der Waals surface area contributed by atoms with Gasteiger partial charge in [0.25, 0.3) is 5.56 Å². The van der Waals surface area contributed by atoms with Crippen LogP contribution in [0.25, 0.3) is 0 Å². The molecule has 30 heavy (non-hydrogen) atoms. The fourth-order valence-electron chi connectivity index (χ4n) is 3.04. The van der Waals surface area contributed by atoms with Crippen LogP contribution in [0.2, 0.25) is 0 Å². The van der Waals surface area contributed by atoms with Gasteiger partial charge in [-0.15, -0.1) is 13.2 Å². The zero-order valence-electron chi connectivity index (χ0n) is 15.6. The van der Waals surface area contributed by atoms with Crippen molar-refractivity contribution in [1.29, 1.82) is 0 Å². The molecule has 0 spiro atoms. The third-order valence-electron chi connectivity index (χ3n) is 4.59. The lowest BCUT2D eigenvalue weighted by molar-refractivity contribution is -0.274. The van der Waals surface area contributed by atoms with Crippen LogP contribution in [0.5, 0.6) is 5.75 Å². The Hall–Kier alpha value is -3.00. The van der Waals surface area contributed by atoms with Crippen molar-refractivity contribution in [2.75, 3.05) is 36.8 Å². The predicted molar refractivity (Wildman–Crippen MR) is 101 cm³/mol. The van der Waals surface area contributed by atoms with Gasteiger partial charge in [-0.1, -0.05) is 0 Å². The Kier molecular flexibility index (Phi) is 5.56. The van der Waals surface area contributed by atoms with Crippen LogP contribution in [0.4, 0.5) is 24.7 Å². The summed E-state index contributed by atoms with van der Waals surface area (Å²) in [6.07, 6.45) is -4.88. The summed E-state index contributed by atoms with van der Waals surface area (Å²) in [6, 6.07) is 3.89. The van der Waals surface area contributed by atoms with Crippen molar-refractivity contribution in [3.63, 3.8) is 0 Å². The van der Waals surface area contributed by atoms with E-state index in [9.17, 15) is 31.2 Å². The third-order valence-corrected chi connectivity index (χ3v) is 6.51. The van der Waals surface area contributed by atoms with E-state index in [0.29, 0.717) is 0 Å². The Bertz CT molecular complexity index is 1150. The second kappa shape index (κ2) is 7.68. The minimum Gasteiger partial charge on any atom is -0.406 e. The Balaban J connectivity index is 1.75. The normalized spacial score (nSPS) is 15.9. The average Bonchev–Trinajstić information content (AvgIpc) is 2.66. The van der Waals surface area contributed by atoms with Gasteiger partial charge >= 0.3 is 12.1 Å². The van der Waals surface area contributed by atoms with Crippen LogP contribution in [0.15, 0.2) is 38.8 Å². The molecule has 0 amide bonds. The molecular weight excluding hydrogens is 431 g/mol. The molecule has 0 saturated carbocycles. The Morgan fingerprint density at radius 2 is 1.63 bits per heavy atom. The van der Waals surface area contributed by atoms with Gasteiger partial charge in [0.15, 0.2) is 0 Å². The van der Waals surface area contributed by atoms with E-state index in [1.165, 1.54) is 7.05 Å². The second-order valence-corrected chi connectivity index (χ2v) is 8.40. The number of nitrogens with two attached hydrogens (primary N) is 1. The molecule has 3 N–H and O–H groups in total. The zero-order chi connectivity index (χ0) is 22.3. The highest BCUT2D eigenvalue weighted by Crippen LogP contribution is 2.26. The molecule has 1 aromatic carbocycles. The molecule has 1 aliphatic rings. The lowest BCUT2D eigenvalue weighted by atomic mass is 10.3. The number of hydrogen-bond donors (Lipinski definition) is 2. The number of nitrogens with one attached hydrogen (secondary N) is 1. The highest BCUT2D eigenvalue weighted by atomic mass is 32.2. The standard InChI is InChI=1S/C16H18F3N5O5S/c1-22-13(20)12(14(25)21-15(22)26)23-6-8-24(9-7-23)30(27,28)11-4-2-10(3-5-11)29-16(17,18)19/h2-5H,6-9,20H2,1H3,(H,21,25,26). The molecule has 0 unspecified atom stereocenters. The van der Waals surface area contributed by atoms with Crippen molar-refractivity contribution >= 4 is 21.5 Å². The van der Waals surface area contributed by atoms with Gasteiger partial charge in [0, 0.05) is 33.2 Å². The van der Waals surface area contributed by atoms with E-state index in [1.807, 2.05) is 0 Å². The average molecular weight is 449 g/mol. The van der Waals surface area contributed by atoms with E-state index in [-0.39, 0.29) is 42.6 Å². The number of halogens is 3. The van der Waals surface area contributed by atoms with E-state index in [2.05, 4.69) is 9.72 Å². The number of benzene rings is 1. The molecule has 0 aliphatic carbocycles. The third kappa shape index (κ3) is 4.28. The van der Waals surface area contributed by atoms with Gasteiger partial charge in [0.05, 0.1) is 4.90 Å². The fourth-order valence-corrected chi connectivity index (χ4v) is 4.47. The number of nitrogen functional groups attached to an aromatic ring is 1. The molecule has 164 valence electrons. The monoisotopic (exact) mass is 449 g/mol. The number of anilines is 2. The smallest absolute Gasteiger partial charge is 0.406 e. The SMILES string of the molecule is Cn1c(N)c(N2CCN(S(=O)(=O)c3ccc(OC(F)(F)F)cc3)CC2)c(=O)[nH]c1=O. The minimum atomic E-state index is -4.88. The van der Waals surface area contributed by atoms with E-state index in [0.717, 1.165) is 33.1 Å². The van der Waals surface area contributed by atoms with Gasteiger partial charge in [-0.3, -0.25) is 14.3 Å². The maximum absolute atomic E-state index is 12.8. The summed E-state index contributed by atoms with van der Waals surface area (Å²) in [6.45, 7) is 0.260. The largest absolute Gasteiger partial charge is 0.573 e. The molecule has 1 aromatic heterocycles. The first-order valence-corrected chi connectivity index (χ1v) is 10.0. The molecule has 1 fully saturated rings. The van der Waals surface area contributed by atoms with Crippen molar-refractivity contribution < 1.29 is 26.3 Å². The molecular formula is C16H18F3N5O5S. The number of aromatic nitrogens is 2. The van der Waals surface area contributed by atoms with E-state index < -0.39 is 33.4 Å². The van der Waals surface area contributed by atoms with Gasteiger partial charge < -0.3 is 15.4 Å². The molecule has 1 saturated heterocycles. The molecule has 3 rings (SSSR count). The van der Waals surface area contributed by atoms with Gasteiger partial charge in [0.2, 0.25) is 10.0 Å². The number of alkyl halides is 3. The van der Waals surface area contributed by atoms with Crippen LogP contribution >= 0.6 is 0 Å². The summed E-state index contributed by atoms with van der Waals surface area (Å²) in [5, 5.41) is 0. The number of H-pyrrole nitrogens is 1. The first kappa shape index (κ1) is 21.7. The van der Waals surface area contributed by atoms with Gasteiger partial charge in [-0.25, -0.2) is 13.2 Å². The summed E-state index contributed by atoms with van der Waals surface area (Å²) in [5.74, 6) is -0.573. The molecule has 0 radical (unpaired) electrons. The number of hydrogen-bond acceptors (Lipinski definition) is 7. The number of rotatable bonds is 4. The summed E-state index contributed by atoms with van der Waals surface area (Å²) in [7, 11) is -2.57. The maximum Gasteiger partial charge on any atom is 0.573 e. The number of aromatic amines is 1. The highest BCUT2D eigenvalue weighted by Gasteiger charge is 2.32. The Labute approximate surface area is 168 Å². The highest BCUT2D eigenvalue weighted by molar-refractivity contribution is 7.89. The maximum atomic E-state index is 12.8. The van der Waals surface area contributed by atoms with Crippen molar-refractivity contribution in [1.82, 2.24) is 13.9 Å². The van der Waals surface area contributed by atoms with Crippen LogP contribution in [0, 0.1) is 0 Å². The van der Waals surface area contributed by atoms with E-state index in [1.54, 1.807) is 4.90 Å². The first-order chi connectivity index (χ1) is 13.9. The van der Waals surface area contributed by atoms with Crippen LogP contribution in [-0.2, 0) is 17.1 Å². The first-order valence-electron chi connectivity index (χ1n) is 8.60. The summed E-state index contributed by atoms with van der Waals surface area (Å²) < 4.78 is 68.2. The number of ether oxygens (including phenoxy) is 1. The second-order valence-electron chi connectivity index (χ2n) is 6.46. The Morgan fingerprint density at radius 1 is 1.07 bits per heavy atom. The van der Waals surface area contributed by atoms with E-state index in [4.69, 9.17) is 5.73 Å². The number of piperazine rings is 1. The topological polar surface area (TPSA) is 131 Å². The predicted octanol–water partition coefficient (Wildman–Crippen LogP) is 0.0653. The molecule has 0 bridgehead atoms. The molecule has 0 atom stereocenters. The minimum absolute atomic E-state index is 0.00482. The van der Waals surface area contributed by atoms with Crippen LogP contribution < -0.4 is 26.6 Å². The van der Waals surface area contributed by atoms with Crippen molar-refractivity contribution in [2.24, 2.45) is 7.05 Å². The quantitative estimate of drug-likeness (QED) is 0.675. The fraction of sp³-hybridized carbons (Fsp3) is 0.375. The zero-order valence-corrected chi connectivity index (χ0v) is 16.5. The summed E-state index contributed by atoms with van der Waals surface area (Å²) in [4.78, 5) is 27.2. The molecule has 2 heterocycles. The number of nitrogens with zero attached hydrogens (tertiary/aromatic N) is 3. The lowest BCUT2D eigenvalue weighted by Crippen LogP contribution is -2.50. The molecule has 1 aliphatic heterocycles. The summed E-state index contributed by atoms with van der Waals surface area (Å²) in [5.41, 5.74) is 4.59. The Morgan fingerprint density at radius 3 is 2.17 bits per heavy atom.